The average molecular weight is 280 g/mol. The van der Waals surface area contributed by atoms with Gasteiger partial charge in [0.15, 0.2) is 0 Å². The van der Waals surface area contributed by atoms with Gasteiger partial charge in [0.2, 0.25) is 0 Å². The lowest BCUT2D eigenvalue weighted by molar-refractivity contribution is -0.0813. The summed E-state index contributed by atoms with van der Waals surface area (Å²) in [5.41, 5.74) is 6.54. The Labute approximate surface area is 124 Å². The van der Waals surface area contributed by atoms with E-state index >= 15 is 0 Å². The first-order valence-corrected chi connectivity index (χ1v) is 8.87. The van der Waals surface area contributed by atoms with Gasteiger partial charge in [0.25, 0.3) is 0 Å². The van der Waals surface area contributed by atoms with Gasteiger partial charge >= 0.3 is 0 Å². The molecule has 0 radical (unpaired) electrons. The van der Waals surface area contributed by atoms with Crippen LogP contribution in [-0.2, 0) is 4.74 Å². The fraction of sp³-hybridized carbons (Fsp3) is 1.00. The van der Waals surface area contributed by atoms with Gasteiger partial charge in [-0.2, -0.15) is 0 Å². The van der Waals surface area contributed by atoms with E-state index in [2.05, 4.69) is 11.8 Å². The van der Waals surface area contributed by atoms with Gasteiger partial charge in [-0.15, -0.1) is 0 Å². The minimum absolute atomic E-state index is 0.239. The zero-order valence-corrected chi connectivity index (χ0v) is 13.2. The van der Waals surface area contributed by atoms with Gasteiger partial charge in [0.05, 0.1) is 6.10 Å². The van der Waals surface area contributed by atoms with Crippen LogP contribution in [0.2, 0.25) is 0 Å². The molecule has 3 fully saturated rings. The third-order valence-electron chi connectivity index (χ3n) is 6.22. The maximum Gasteiger partial charge on any atom is 0.0590 e. The van der Waals surface area contributed by atoms with Gasteiger partial charge < -0.3 is 10.5 Å². The molecule has 3 unspecified atom stereocenters. The summed E-state index contributed by atoms with van der Waals surface area (Å²) < 4.78 is 5.92. The molecule has 0 spiro atoms. The topological polar surface area (TPSA) is 38.5 Å². The minimum atomic E-state index is 0.239. The van der Waals surface area contributed by atoms with E-state index in [-0.39, 0.29) is 5.54 Å². The second kappa shape index (κ2) is 6.33. The van der Waals surface area contributed by atoms with Crippen molar-refractivity contribution in [3.05, 3.63) is 0 Å². The van der Waals surface area contributed by atoms with Crippen molar-refractivity contribution in [2.45, 2.75) is 82.4 Å². The van der Waals surface area contributed by atoms with Crippen molar-refractivity contribution in [2.75, 3.05) is 19.7 Å². The molecule has 3 atom stereocenters. The van der Waals surface area contributed by atoms with Crippen molar-refractivity contribution in [2.24, 2.45) is 11.7 Å². The molecule has 3 aliphatic rings. The SMILES string of the molecule is CCC1CC(CN)(N2CCCC2C2CCCC2)CCO1. The maximum atomic E-state index is 6.30. The second-order valence-electron chi connectivity index (χ2n) is 7.23. The van der Waals surface area contributed by atoms with Crippen LogP contribution in [0.15, 0.2) is 0 Å². The van der Waals surface area contributed by atoms with Gasteiger partial charge in [0, 0.05) is 24.7 Å². The minimum Gasteiger partial charge on any atom is -0.378 e. The molecule has 1 aliphatic carbocycles. The van der Waals surface area contributed by atoms with Crippen molar-refractivity contribution in [3.8, 4) is 0 Å². The van der Waals surface area contributed by atoms with Crippen LogP contribution in [0.1, 0.15) is 64.7 Å². The molecular weight excluding hydrogens is 248 g/mol. The summed E-state index contributed by atoms with van der Waals surface area (Å²) in [6.07, 6.45) is 12.4. The highest BCUT2D eigenvalue weighted by Gasteiger charge is 2.47. The normalized spacial score (nSPS) is 40.5. The Kier molecular flexibility index (Phi) is 4.68. The molecule has 0 aromatic carbocycles. The maximum absolute atomic E-state index is 6.30. The Morgan fingerprint density at radius 3 is 2.70 bits per heavy atom. The molecule has 0 aromatic rings. The Morgan fingerprint density at radius 2 is 2.00 bits per heavy atom. The molecule has 0 amide bonds. The quantitative estimate of drug-likeness (QED) is 0.860. The Balaban J connectivity index is 1.76. The number of rotatable bonds is 4. The van der Waals surface area contributed by atoms with Crippen molar-refractivity contribution in [1.29, 1.82) is 0 Å². The Morgan fingerprint density at radius 1 is 1.20 bits per heavy atom. The summed E-state index contributed by atoms with van der Waals surface area (Å²) in [4.78, 5) is 2.84. The van der Waals surface area contributed by atoms with Crippen molar-refractivity contribution in [3.63, 3.8) is 0 Å². The molecule has 3 heteroatoms. The second-order valence-corrected chi connectivity index (χ2v) is 7.23. The van der Waals surface area contributed by atoms with E-state index < -0.39 is 0 Å². The number of ether oxygens (including phenoxy) is 1. The van der Waals surface area contributed by atoms with E-state index in [1.165, 1.54) is 45.1 Å². The first-order valence-electron chi connectivity index (χ1n) is 8.87. The fourth-order valence-corrected chi connectivity index (χ4v) is 5.04. The van der Waals surface area contributed by atoms with E-state index in [1.54, 1.807) is 0 Å². The molecular formula is C17H32N2O. The molecule has 116 valence electrons. The number of nitrogens with two attached hydrogens (primary N) is 1. The van der Waals surface area contributed by atoms with E-state index in [4.69, 9.17) is 10.5 Å². The summed E-state index contributed by atoms with van der Waals surface area (Å²) in [7, 11) is 0. The molecule has 2 N–H and O–H groups in total. The molecule has 3 nitrogen and oxygen atoms in total. The van der Waals surface area contributed by atoms with Gasteiger partial charge in [-0.3, -0.25) is 4.90 Å². The van der Waals surface area contributed by atoms with Gasteiger partial charge in [-0.05, 0) is 57.4 Å². The van der Waals surface area contributed by atoms with E-state index in [1.807, 2.05) is 0 Å². The van der Waals surface area contributed by atoms with Gasteiger partial charge in [-0.1, -0.05) is 19.8 Å². The molecule has 2 aliphatic heterocycles. The summed E-state index contributed by atoms with van der Waals surface area (Å²) in [5.74, 6) is 0.948. The Hall–Kier alpha value is -0.120. The third-order valence-corrected chi connectivity index (χ3v) is 6.22. The highest BCUT2D eigenvalue weighted by atomic mass is 16.5. The molecule has 2 saturated heterocycles. The molecule has 2 heterocycles. The van der Waals surface area contributed by atoms with E-state index in [9.17, 15) is 0 Å². The third kappa shape index (κ3) is 2.65. The number of nitrogens with zero attached hydrogens (tertiary/aromatic N) is 1. The molecule has 3 rings (SSSR count). The molecule has 1 saturated carbocycles. The summed E-state index contributed by atoms with van der Waals surface area (Å²) >= 11 is 0. The van der Waals surface area contributed by atoms with Gasteiger partial charge in [0.1, 0.15) is 0 Å². The van der Waals surface area contributed by atoms with Crippen LogP contribution < -0.4 is 5.73 Å². The standard InChI is InChI=1S/C17H32N2O/c1-2-15-12-17(13-18,9-11-20-15)19-10-5-8-16(19)14-6-3-4-7-14/h14-16H,2-13,18H2,1H3. The summed E-state index contributed by atoms with van der Waals surface area (Å²) in [6, 6.07) is 0.816. The van der Waals surface area contributed by atoms with Gasteiger partial charge in [-0.25, -0.2) is 0 Å². The van der Waals surface area contributed by atoms with Crippen LogP contribution >= 0.6 is 0 Å². The summed E-state index contributed by atoms with van der Waals surface area (Å²) in [6.45, 7) is 5.24. The lowest BCUT2D eigenvalue weighted by Crippen LogP contribution is -2.60. The van der Waals surface area contributed by atoms with Crippen LogP contribution in [-0.4, -0.2) is 42.3 Å². The monoisotopic (exact) mass is 280 g/mol. The van der Waals surface area contributed by atoms with Crippen molar-refractivity contribution in [1.82, 2.24) is 4.90 Å². The lowest BCUT2D eigenvalue weighted by atomic mass is 9.82. The fourth-order valence-electron chi connectivity index (χ4n) is 5.04. The molecule has 0 bridgehead atoms. The van der Waals surface area contributed by atoms with Crippen molar-refractivity contribution < 1.29 is 4.74 Å². The predicted molar refractivity (Wildman–Crippen MR) is 82.7 cm³/mol. The number of hydrogen-bond acceptors (Lipinski definition) is 3. The Bertz CT molecular complexity index is 316. The average Bonchev–Trinajstić information content (AvgIpc) is 3.17. The van der Waals surface area contributed by atoms with Crippen molar-refractivity contribution >= 4 is 0 Å². The van der Waals surface area contributed by atoms with Crippen LogP contribution in [0.25, 0.3) is 0 Å². The summed E-state index contributed by atoms with van der Waals surface area (Å²) in [5, 5.41) is 0. The smallest absolute Gasteiger partial charge is 0.0590 e. The predicted octanol–water partition coefficient (Wildman–Crippen LogP) is 2.93. The molecule has 20 heavy (non-hydrogen) atoms. The zero-order chi connectivity index (χ0) is 14.0. The number of hydrogen-bond donors (Lipinski definition) is 1. The first kappa shape index (κ1) is 14.8. The first-order chi connectivity index (χ1) is 9.79. The zero-order valence-electron chi connectivity index (χ0n) is 13.2. The largest absolute Gasteiger partial charge is 0.378 e. The van der Waals surface area contributed by atoms with E-state index in [0.717, 1.165) is 44.4 Å². The van der Waals surface area contributed by atoms with E-state index in [0.29, 0.717) is 6.10 Å². The van der Waals surface area contributed by atoms with Crippen LogP contribution in [0.5, 0.6) is 0 Å². The lowest BCUT2D eigenvalue weighted by Gasteiger charge is -2.50. The highest BCUT2D eigenvalue weighted by Crippen LogP contribution is 2.42. The number of likely N-dealkylation sites (tertiary alicyclic amines) is 1. The highest BCUT2D eigenvalue weighted by molar-refractivity contribution is 5.02. The van der Waals surface area contributed by atoms with Crippen LogP contribution in [0, 0.1) is 5.92 Å². The van der Waals surface area contributed by atoms with Crippen LogP contribution in [0.4, 0.5) is 0 Å². The van der Waals surface area contributed by atoms with Crippen LogP contribution in [0.3, 0.4) is 0 Å². The molecule has 0 aromatic heterocycles.